The van der Waals surface area contributed by atoms with Gasteiger partial charge in [-0.1, -0.05) is 0 Å². The Balaban J connectivity index is 2.07. The number of alkyl halides is 3. The molecule has 1 aliphatic rings. The largest absolute Gasteiger partial charge is 0.435 e. The topological polar surface area (TPSA) is 38.0 Å². The van der Waals surface area contributed by atoms with E-state index in [0.717, 1.165) is 17.2 Å². The summed E-state index contributed by atoms with van der Waals surface area (Å²) in [6.07, 6.45) is -0.973. The van der Waals surface area contributed by atoms with Crippen molar-refractivity contribution < 1.29 is 18.3 Å². The van der Waals surface area contributed by atoms with E-state index >= 15 is 0 Å². The molecule has 1 aromatic rings. The molecule has 1 aliphatic carbocycles. The maximum Gasteiger partial charge on any atom is 0.435 e. The fraction of sp³-hybridized carbons (Fsp3) is 0.667. The van der Waals surface area contributed by atoms with E-state index in [2.05, 4.69) is 5.10 Å². The molecule has 1 saturated carbocycles. The molecule has 0 saturated heterocycles. The van der Waals surface area contributed by atoms with E-state index in [4.69, 9.17) is 0 Å². The van der Waals surface area contributed by atoms with Crippen LogP contribution < -0.4 is 0 Å². The number of aliphatic hydroxyl groups is 1. The van der Waals surface area contributed by atoms with Gasteiger partial charge in [-0.05, 0) is 25.3 Å². The third-order valence-corrected chi connectivity index (χ3v) is 2.67. The van der Waals surface area contributed by atoms with Gasteiger partial charge in [0.1, 0.15) is 0 Å². The molecule has 1 N–H and O–H groups in total. The molecule has 0 unspecified atom stereocenters. The molecule has 0 aliphatic heterocycles. The van der Waals surface area contributed by atoms with E-state index in [1.807, 2.05) is 0 Å². The third kappa shape index (κ3) is 2.14. The van der Waals surface area contributed by atoms with Crippen molar-refractivity contribution in [3.05, 3.63) is 18.0 Å². The first-order valence-corrected chi connectivity index (χ1v) is 4.72. The van der Waals surface area contributed by atoms with E-state index < -0.39 is 17.5 Å². The minimum Gasteiger partial charge on any atom is -0.388 e. The smallest absolute Gasteiger partial charge is 0.388 e. The lowest BCUT2D eigenvalue weighted by molar-refractivity contribution is -0.141. The van der Waals surface area contributed by atoms with Gasteiger partial charge in [0.2, 0.25) is 0 Å². The lowest BCUT2D eigenvalue weighted by Crippen LogP contribution is -2.41. The molecule has 0 bridgehead atoms. The number of aromatic nitrogens is 2. The van der Waals surface area contributed by atoms with Crippen LogP contribution in [0.2, 0.25) is 0 Å². The van der Waals surface area contributed by atoms with E-state index in [9.17, 15) is 18.3 Å². The fourth-order valence-electron chi connectivity index (χ4n) is 1.65. The number of nitrogens with zero attached hydrogens (tertiary/aromatic N) is 2. The summed E-state index contributed by atoms with van der Waals surface area (Å²) in [5.74, 6) is 0. The molecular formula is C9H11F3N2O. The third-order valence-electron chi connectivity index (χ3n) is 2.67. The molecular weight excluding hydrogens is 209 g/mol. The highest BCUT2D eigenvalue weighted by molar-refractivity contribution is 5.04. The lowest BCUT2D eigenvalue weighted by atomic mass is 9.80. The summed E-state index contributed by atoms with van der Waals surface area (Å²) in [5.41, 5.74) is -1.76. The molecule has 1 fully saturated rings. The Morgan fingerprint density at radius 2 is 2.13 bits per heavy atom. The molecule has 0 aromatic carbocycles. The van der Waals surface area contributed by atoms with Crippen LogP contribution in [-0.4, -0.2) is 20.5 Å². The van der Waals surface area contributed by atoms with Crippen LogP contribution >= 0.6 is 0 Å². The van der Waals surface area contributed by atoms with Crippen molar-refractivity contribution in [2.75, 3.05) is 0 Å². The first-order chi connectivity index (χ1) is 6.89. The van der Waals surface area contributed by atoms with Crippen LogP contribution in [-0.2, 0) is 12.7 Å². The Morgan fingerprint density at radius 1 is 1.47 bits per heavy atom. The second-order valence-electron chi connectivity index (χ2n) is 3.97. The highest BCUT2D eigenvalue weighted by Gasteiger charge is 2.37. The summed E-state index contributed by atoms with van der Waals surface area (Å²) in [7, 11) is 0. The van der Waals surface area contributed by atoms with Gasteiger partial charge in [-0.2, -0.15) is 18.3 Å². The predicted octanol–water partition coefficient (Wildman–Crippen LogP) is 1.82. The summed E-state index contributed by atoms with van der Waals surface area (Å²) in [6.45, 7) is 0.142. The van der Waals surface area contributed by atoms with Crippen LogP contribution in [0.4, 0.5) is 13.2 Å². The number of hydrogen-bond donors (Lipinski definition) is 1. The molecule has 1 aromatic heterocycles. The van der Waals surface area contributed by atoms with Crippen LogP contribution in [0.3, 0.4) is 0 Å². The van der Waals surface area contributed by atoms with Gasteiger partial charge in [0, 0.05) is 6.20 Å². The highest BCUT2D eigenvalue weighted by atomic mass is 19.4. The zero-order valence-electron chi connectivity index (χ0n) is 7.96. The van der Waals surface area contributed by atoms with Crippen molar-refractivity contribution in [3.63, 3.8) is 0 Å². The maximum atomic E-state index is 12.2. The second kappa shape index (κ2) is 3.23. The quantitative estimate of drug-likeness (QED) is 0.825. The normalized spacial score (nSPS) is 20.0. The van der Waals surface area contributed by atoms with E-state index in [1.54, 1.807) is 0 Å². The molecule has 0 radical (unpaired) electrons. The summed E-state index contributed by atoms with van der Waals surface area (Å²) in [6, 6.07) is 0.919. The van der Waals surface area contributed by atoms with E-state index in [0.29, 0.717) is 12.8 Å². The van der Waals surface area contributed by atoms with E-state index in [-0.39, 0.29) is 6.54 Å². The van der Waals surface area contributed by atoms with Gasteiger partial charge in [-0.15, -0.1) is 0 Å². The van der Waals surface area contributed by atoms with Gasteiger partial charge in [0.05, 0.1) is 12.1 Å². The monoisotopic (exact) mass is 220 g/mol. The molecule has 3 nitrogen and oxygen atoms in total. The fourth-order valence-corrected chi connectivity index (χ4v) is 1.65. The Hall–Kier alpha value is -1.04. The van der Waals surface area contributed by atoms with Crippen molar-refractivity contribution in [1.29, 1.82) is 0 Å². The maximum absolute atomic E-state index is 12.2. The summed E-state index contributed by atoms with van der Waals surface area (Å²) in [5, 5.41) is 13.1. The van der Waals surface area contributed by atoms with Gasteiger partial charge in [-0.3, -0.25) is 4.68 Å². The Labute approximate surface area is 84.5 Å². The molecule has 1 heterocycles. The first kappa shape index (κ1) is 10.5. The Kier molecular flexibility index (Phi) is 2.26. The van der Waals surface area contributed by atoms with Gasteiger partial charge >= 0.3 is 6.18 Å². The molecule has 15 heavy (non-hydrogen) atoms. The SMILES string of the molecule is OC1(Cn2ccc(C(F)(F)F)n2)CCC1. The predicted molar refractivity (Wildman–Crippen MR) is 46.0 cm³/mol. The van der Waals surface area contributed by atoms with E-state index in [1.165, 1.54) is 6.20 Å². The molecule has 0 spiro atoms. The average molecular weight is 220 g/mol. The summed E-state index contributed by atoms with van der Waals surface area (Å²) >= 11 is 0. The van der Waals surface area contributed by atoms with Crippen LogP contribution in [0.5, 0.6) is 0 Å². The average Bonchev–Trinajstić information content (AvgIpc) is 2.49. The highest BCUT2D eigenvalue weighted by Crippen LogP contribution is 2.33. The van der Waals surface area contributed by atoms with Gasteiger partial charge < -0.3 is 5.11 Å². The Bertz CT molecular complexity index is 354. The number of rotatable bonds is 2. The lowest BCUT2D eigenvalue weighted by Gasteiger charge is -2.36. The summed E-state index contributed by atoms with van der Waals surface area (Å²) in [4.78, 5) is 0. The second-order valence-corrected chi connectivity index (χ2v) is 3.97. The van der Waals surface area contributed by atoms with Crippen LogP contribution in [0.15, 0.2) is 12.3 Å². The first-order valence-electron chi connectivity index (χ1n) is 4.72. The van der Waals surface area contributed by atoms with Crippen molar-refractivity contribution in [2.24, 2.45) is 0 Å². The van der Waals surface area contributed by atoms with Crippen LogP contribution in [0.25, 0.3) is 0 Å². The van der Waals surface area contributed by atoms with Crippen LogP contribution in [0.1, 0.15) is 25.0 Å². The zero-order chi connectivity index (χ0) is 11.1. The molecule has 0 atom stereocenters. The molecule has 0 amide bonds. The van der Waals surface area contributed by atoms with Crippen molar-refractivity contribution in [2.45, 2.75) is 37.6 Å². The molecule has 84 valence electrons. The minimum atomic E-state index is -4.41. The zero-order valence-corrected chi connectivity index (χ0v) is 7.96. The minimum absolute atomic E-state index is 0.142. The van der Waals surface area contributed by atoms with Crippen molar-refractivity contribution >= 4 is 0 Å². The van der Waals surface area contributed by atoms with Gasteiger partial charge in [0.25, 0.3) is 0 Å². The van der Waals surface area contributed by atoms with Crippen molar-refractivity contribution in [3.8, 4) is 0 Å². The number of hydrogen-bond acceptors (Lipinski definition) is 2. The Morgan fingerprint density at radius 3 is 2.53 bits per heavy atom. The number of halogens is 3. The van der Waals surface area contributed by atoms with Crippen LogP contribution in [0, 0.1) is 0 Å². The van der Waals surface area contributed by atoms with Crippen molar-refractivity contribution in [1.82, 2.24) is 9.78 Å². The molecule has 6 heteroatoms. The summed E-state index contributed by atoms with van der Waals surface area (Å²) < 4.78 is 37.7. The standard InChI is InChI=1S/C9H11F3N2O/c10-9(11,12)7-2-5-14(13-7)6-8(15)3-1-4-8/h2,5,15H,1,3-4,6H2. The van der Waals surface area contributed by atoms with Gasteiger partial charge in [-0.25, -0.2) is 0 Å². The van der Waals surface area contributed by atoms with Gasteiger partial charge in [0.15, 0.2) is 5.69 Å². The molecule has 2 rings (SSSR count).